The number of benzene rings is 2. The van der Waals surface area contributed by atoms with Crippen LogP contribution in [0.2, 0.25) is 5.02 Å². The lowest BCUT2D eigenvalue weighted by Gasteiger charge is -2.18. The maximum Gasteiger partial charge on any atom is 0.137 e. The number of halogens is 3. The van der Waals surface area contributed by atoms with Crippen LogP contribution in [0.5, 0.6) is 5.75 Å². The van der Waals surface area contributed by atoms with Crippen LogP contribution >= 0.6 is 27.5 Å². The summed E-state index contributed by atoms with van der Waals surface area (Å²) in [5.41, 5.74) is 4.21. The van der Waals surface area contributed by atoms with Crippen molar-refractivity contribution in [2.45, 2.75) is 6.04 Å². The summed E-state index contributed by atoms with van der Waals surface area (Å²) in [6.07, 6.45) is 0. The first kappa shape index (κ1) is 15.3. The van der Waals surface area contributed by atoms with Gasteiger partial charge in [0.2, 0.25) is 0 Å². The zero-order valence-corrected chi connectivity index (χ0v) is 13.0. The Morgan fingerprint density at radius 2 is 1.90 bits per heavy atom. The van der Waals surface area contributed by atoms with Crippen LogP contribution < -0.4 is 16.0 Å². The van der Waals surface area contributed by atoms with E-state index in [1.54, 1.807) is 24.3 Å². The van der Waals surface area contributed by atoms with E-state index < -0.39 is 0 Å². The van der Waals surface area contributed by atoms with Gasteiger partial charge in [0.25, 0.3) is 0 Å². The second-order valence-electron chi connectivity index (χ2n) is 4.17. The average molecular weight is 360 g/mol. The van der Waals surface area contributed by atoms with Gasteiger partial charge in [-0.2, -0.15) is 0 Å². The molecule has 6 heteroatoms. The Morgan fingerprint density at radius 1 is 1.25 bits per heavy atom. The van der Waals surface area contributed by atoms with Crippen LogP contribution in [0.15, 0.2) is 40.9 Å². The fraction of sp³-hybridized carbons (Fsp3) is 0.143. The molecule has 0 heterocycles. The van der Waals surface area contributed by atoms with E-state index in [0.29, 0.717) is 20.8 Å². The zero-order chi connectivity index (χ0) is 14.7. The first-order valence-electron chi connectivity index (χ1n) is 5.81. The van der Waals surface area contributed by atoms with Crippen molar-refractivity contribution in [3.05, 3.63) is 62.8 Å². The maximum atomic E-state index is 13.6. The van der Waals surface area contributed by atoms with Gasteiger partial charge in [0.05, 0.1) is 22.6 Å². The van der Waals surface area contributed by atoms with E-state index in [9.17, 15) is 4.39 Å². The summed E-state index contributed by atoms with van der Waals surface area (Å²) in [6, 6.07) is 9.80. The van der Waals surface area contributed by atoms with Crippen molar-refractivity contribution >= 4 is 27.5 Å². The Balaban J connectivity index is 2.43. The lowest BCUT2D eigenvalue weighted by Crippen LogP contribution is -2.28. The van der Waals surface area contributed by atoms with Crippen LogP contribution in [0, 0.1) is 5.82 Å². The molecule has 0 radical (unpaired) electrons. The van der Waals surface area contributed by atoms with Crippen molar-refractivity contribution in [2.75, 3.05) is 7.11 Å². The Bertz CT molecular complexity index is 624. The number of nitrogens with one attached hydrogen (secondary N) is 1. The van der Waals surface area contributed by atoms with Crippen molar-refractivity contribution < 1.29 is 9.13 Å². The van der Waals surface area contributed by atoms with Gasteiger partial charge in [0, 0.05) is 0 Å². The van der Waals surface area contributed by atoms with Gasteiger partial charge in [-0.05, 0) is 51.3 Å². The topological polar surface area (TPSA) is 47.3 Å². The Hall–Kier alpha value is -1.14. The van der Waals surface area contributed by atoms with Gasteiger partial charge < -0.3 is 4.74 Å². The van der Waals surface area contributed by atoms with Crippen LogP contribution in [-0.2, 0) is 0 Å². The largest absolute Gasteiger partial charge is 0.495 e. The second-order valence-corrected chi connectivity index (χ2v) is 5.43. The molecule has 0 saturated carbocycles. The minimum atomic E-state index is -0.358. The lowest BCUT2D eigenvalue weighted by molar-refractivity contribution is 0.414. The van der Waals surface area contributed by atoms with Crippen LogP contribution in [0.1, 0.15) is 17.2 Å². The molecule has 0 bridgehead atoms. The van der Waals surface area contributed by atoms with Crippen molar-refractivity contribution in [3.63, 3.8) is 0 Å². The first-order valence-corrected chi connectivity index (χ1v) is 6.98. The molecule has 2 aromatic rings. The number of hydrogen-bond donors (Lipinski definition) is 2. The van der Waals surface area contributed by atoms with E-state index in [2.05, 4.69) is 21.4 Å². The molecule has 20 heavy (non-hydrogen) atoms. The number of ether oxygens (including phenoxy) is 1. The van der Waals surface area contributed by atoms with E-state index in [1.807, 2.05) is 6.07 Å². The van der Waals surface area contributed by atoms with Gasteiger partial charge in [-0.25, -0.2) is 9.82 Å². The molecule has 0 aliphatic heterocycles. The first-order chi connectivity index (χ1) is 9.56. The molecule has 106 valence electrons. The molecule has 0 aliphatic rings. The summed E-state index contributed by atoms with van der Waals surface area (Å²) >= 11 is 9.12. The predicted octanol–water partition coefficient (Wildman–Crippen LogP) is 3.80. The molecule has 2 rings (SSSR count). The highest BCUT2D eigenvalue weighted by molar-refractivity contribution is 9.10. The number of rotatable bonds is 4. The van der Waals surface area contributed by atoms with Gasteiger partial charge in [0.15, 0.2) is 0 Å². The quantitative estimate of drug-likeness (QED) is 0.645. The minimum Gasteiger partial charge on any atom is -0.495 e. The molecule has 0 aliphatic carbocycles. The number of methoxy groups -OCH3 is 1. The molecule has 0 aromatic heterocycles. The minimum absolute atomic E-state index is 0.344. The third kappa shape index (κ3) is 3.12. The molecule has 2 aromatic carbocycles. The molecule has 1 atom stereocenters. The predicted molar refractivity (Wildman–Crippen MR) is 81.3 cm³/mol. The molecule has 0 saturated heterocycles. The summed E-state index contributed by atoms with van der Waals surface area (Å²) in [4.78, 5) is 0. The SMILES string of the molecule is COc1cc(C(NN)c2ccc(Br)c(F)c2)ccc1Cl. The number of nitrogens with two attached hydrogens (primary N) is 1. The monoisotopic (exact) mass is 358 g/mol. The van der Waals surface area contributed by atoms with Crippen LogP contribution in [0.4, 0.5) is 4.39 Å². The average Bonchev–Trinajstić information content (AvgIpc) is 2.45. The molecule has 1 unspecified atom stereocenters. The summed E-state index contributed by atoms with van der Waals surface area (Å²) < 4.78 is 19.2. The molecule has 0 spiro atoms. The normalized spacial score (nSPS) is 12.2. The van der Waals surface area contributed by atoms with Crippen LogP contribution in [0.25, 0.3) is 0 Å². The van der Waals surface area contributed by atoms with E-state index in [1.165, 1.54) is 13.2 Å². The summed E-state index contributed by atoms with van der Waals surface area (Å²) in [6.45, 7) is 0. The summed E-state index contributed by atoms with van der Waals surface area (Å²) in [7, 11) is 1.54. The summed E-state index contributed by atoms with van der Waals surface area (Å²) in [5.74, 6) is 5.80. The Labute approximate surface area is 130 Å². The van der Waals surface area contributed by atoms with Gasteiger partial charge >= 0.3 is 0 Å². The molecular formula is C14H13BrClFN2O. The number of hydrogen-bond acceptors (Lipinski definition) is 3. The fourth-order valence-corrected chi connectivity index (χ4v) is 2.37. The highest BCUT2D eigenvalue weighted by atomic mass is 79.9. The van der Waals surface area contributed by atoms with E-state index in [-0.39, 0.29) is 11.9 Å². The third-order valence-electron chi connectivity index (χ3n) is 2.95. The van der Waals surface area contributed by atoms with Crippen molar-refractivity contribution in [1.29, 1.82) is 0 Å². The van der Waals surface area contributed by atoms with Gasteiger partial charge in [-0.1, -0.05) is 23.7 Å². The highest BCUT2D eigenvalue weighted by Gasteiger charge is 2.15. The Kier molecular flexibility index (Phi) is 4.99. The molecule has 3 N–H and O–H groups in total. The smallest absolute Gasteiger partial charge is 0.137 e. The van der Waals surface area contributed by atoms with Gasteiger partial charge in [-0.15, -0.1) is 0 Å². The van der Waals surface area contributed by atoms with E-state index in [4.69, 9.17) is 22.2 Å². The van der Waals surface area contributed by atoms with Crippen molar-refractivity contribution in [2.24, 2.45) is 5.84 Å². The van der Waals surface area contributed by atoms with Crippen LogP contribution in [-0.4, -0.2) is 7.11 Å². The Morgan fingerprint density at radius 3 is 2.50 bits per heavy atom. The van der Waals surface area contributed by atoms with Crippen molar-refractivity contribution in [3.8, 4) is 5.75 Å². The highest BCUT2D eigenvalue weighted by Crippen LogP contribution is 2.31. The van der Waals surface area contributed by atoms with Crippen molar-refractivity contribution in [1.82, 2.24) is 5.43 Å². The van der Waals surface area contributed by atoms with Gasteiger partial charge in [0.1, 0.15) is 11.6 Å². The third-order valence-corrected chi connectivity index (χ3v) is 3.91. The molecule has 0 fully saturated rings. The maximum absolute atomic E-state index is 13.6. The fourth-order valence-electron chi connectivity index (χ4n) is 1.93. The van der Waals surface area contributed by atoms with Crippen LogP contribution in [0.3, 0.4) is 0 Å². The second kappa shape index (κ2) is 6.54. The zero-order valence-electron chi connectivity index (χ0n) is 10.7. The number of hydrazine groups is 1. The lowest BCUT2D eigenvalue weighted by atomic mass is 9.99. The van der Waals surface area contributed by atoms with E-state index >= 15 is 0 Å². The molecule has 3 nitrogen and oxygen atoms in total. The molecule has 0 amide bonds. The molecular weight excluding hydrogens is 347 g/mol. The summed E-state index contributed by atoms with van der Waals surface area (Å²) in [5, 5.41) is 0.508. The van der Waals surface area contributed by atoms with E-state index in [0.717, 1.165) is 5.56 Å². The standard InChI is InChI=1S/C14H13BrClFN2O/c1-20-13-7-9(3-5-11(13)16)14(19-18)8-2-4-10(15)12(17)6-8/h2-7,14,19H,18H2,1H3. The van der Waals surface area contributed by atoms with Gasteiger partial charge in [-0.3, -0.25) is 5.84 Å².